The summed E-state index contributed by atoms with van der Waals surface area (Å²) in [7, 11) is 0. The van der Waals surface area contributed by atoms with Crippen LogP contribution < -0.4 is 0 Å². The second-order valence-corrected chi connectivity index (χ2v) is 5.45. The SMILES string of the molecule is CC1CC[C@H]2/C(=C\C(=O)O)CCC[C@]12C.[Y].[Y].[Y].[Y].[Y].[Y]. The summed E-state index contributed by atoms with van der Waals surface area (Å²) in [6.45, 7) is 4.67. The van der Waals surface area contributed by atoms with Crippen molar-refractivity contribution in [3.8, 4) is 0 Å². The fraction of sp³-hybridized carbons (Fsp3) is 0.769. The molecule has 0 spiro atoms. The van der Waals surface area contributed by atoms with Crippen LogP contribution in [0.1, 0.15) is 46.0 Å². The number of carboxylic acid groups (broad SMARTS) is 1. The van der Waals surface area contributed by atoms with E-state index < -0.39 is 5.97 Å². The van der Waals surface area contributed by atoms with Gasteiger partial charge in [-0.25, -0.2) is 4.79 Å². The molecule has 6 radical (unpaired) electrons. The van der Waals surface area contributed by atoms with Crippen LogP contribution in [0.2, 0.25) is 0 Å². The minimum Gasteiger partial charge on any atom is -0.478 e. The fourth-order valence-electron chi connectivity index (χ4n) is 3.63. The Labute approximate surface area is 280 Å². The summed E-state index contributed by atoms with van der Waals surface area (Å²) in [5, 5.41) is 8.86. The van der Waals surface area contributed by atoms with Crippen molar-refractivity contribution < 1.29 is 206 Å². The van der Waals surface area contributed by atoms with E-state index in [2.05, 4.69) is 13.8 Å². The minimum atomic E-state index is -0.770. The van der Waals surface area contributed by atoms with Crippen LogP contribution in [0.4, 0.5) is 0 Å². The molecular formula is C13H20O2Y6. The summed E-state index contributed by atoms with van der Waals surface area (Å²) >= 11 is 0. The van der Waals surface area contributed by atoms with Crippen LogP contribution in [0.25, 0.3) is 0 Å². The maximum Gasteiger partial charge on any atom is 0.328 e. The first-order valence-corrected chi connectivity index (χ1v) is 5.97. The molecule has 21 heavy (non-hydrogen) atoms. The van der Waals surface area contributed by atoms with Crippen LogP contribution >= 0.6 is 0 Å². The average Bonchev–Trinajstić information content (AvgIpc) is 2.43. The maximum absolute atomic E-state index is 10.8. The van der Waals surface area contributed by atoms with Crippen LogP contribution in [0.5, 0.6) is 0 Å². The first-order valence-electron chi connectivity index (χ1n) is 5.97. The molecule has 3 atom stereocenters. The van der Waals surface area contributed by atoms with Gasteiger partial charge in [0.05, 0.1) is 0 Å². The second kappa shape index (κ2) is 17.9. The van der Waals surface area contributed by atoms with Crippen molar-refractivity contribution in [1.82, 2.24) is 0 Å². The fourth-order valence-corrected chi connectivity index (χ4v) is 3.63. The van der Waals surface area contributed by atoms with E-state index in [1.165, 1.54) is 30.9 Å². The molecule has 2 rings (SSSR count). The monoisotopic (exact) mass is 742 g/mol. The maximum atomic E-state index is 10.8. The van der Waals surface area contributed by atoms with Gasteiger partial charge in [-0.2, -0.15) is 0 Å². The second-order valence-electron chi connectivity index (χ2n) is 5.45. The summed E-state index contributed by atoms with van der Waals surface area (Å²) in [6, 6.07) is 0. The number of aliphatic carboxylic acids is 1. The smallest absolute Gasteiger partial charge is 0.328 e. The Morgan fingerprint density at radius 2 is 1.67 bits per heavy atom. The Kier molecular flexibility index (Phi) is 32.0. The molecule has 2 saturated carbocycles. The Bertz CT molecular complexity index is 324. The van der Waals surface area contributed by atoms with Crippen LogP contribution in [-0.4, -0.2) is 11.1 Å². The molecule has 2 fully saturated rings. The van der Waals surface area contributed by atoms with Gasteiger partial charge < -0.3 is 5.11 Å². The number of fused-ring (bicyclic) bond motifs is 1. The van der Waals surface area contributed by atoms with Crippen molar-refractivity contribution in [3.63, 3.8) is 0 Å². The molecule has 1 unspecified atom stereocenters. The molecule has 102 valence electrons. The summed E-state index contributed by atoms with van der Waals surface area (Å²) < 4.78 is 0. The van der Waals surface area contributed by atoms with Gasteiger partial charge >= 0.3 is 5.97 Å². The molecule has 0 aromatic heterocycles. The third-order valence-electron chi connectivity index (χ3n) is 4.75. The Balaban J connectivity index is -0.000000142. The summed E-state index contributed by atoms with van der Waals surface area (Å²) in [6.07, 6.45) is 7.36. The number of carbonyl (C=O) groups is 1. The van der Waals surface area contributed by atoms with Crippen molar-refractivity contribution in [1.29, 1.82) is 0 Å². The van der Waals surface area contributed by atoms with E-state index in [1.54, 1.807) is 0 Å². The van der Waals surface area contributed by atoms with Crippen molar-refractivity contribution in [2.45, 2.75) is 46.0 Å². The number of rotatable bonds is 1. The average molecular weight is 742 g/mol. The van der Waals surface area contributed by atoms with Crippen LogP contribution in [0.3, 0.4) is 0 Å². The standard InChI is InChI=1S/C13H20O2.6Y/c1-9-5-6-11-10(8-12(14)15)4-3-7-13(9,11)2;;;;;;/h8-9,11H,3-7H2,1-2H3,(H,14,15);;;;;;/b10-8-;;;;;;/t9?,11-,13+;;;;;;/m0....../s1. The Hall–Kier alpha value is 5.83. The molecular weight excluding hydrogens is 722 g/mol. The number of hydrogen-bond donors (Lipinski definition) is 1. The van der Waals surface area contributed by atoms with E-state index in [0.717, 1.165) is 18.8 Å². The summed E-state index contributed by atoms with van der Waals surface area (Å²) in [5.74, 6) is 0.520. The number of hydrogen-bond acceptors (Lipinski definition) is 1. The quantitative estimate of drug-likeness (QED) is 0.420. The van der Waals surface area contributed by atoms with Crippen LogP contribution in [0, 0.1) is 17.3 Å². The zero-order chi connectivity index (χ0) is 11.1. The number of carboxylic acids is 1. The third kappa shape index (κ3) is 10.3. The summed E-state index contributed by atoms with van der Waals surface area (Å²) in [4.78, 5) is 10.8. The van der Waals surface area contributed by atoms with Gasteiger partial charge in [0.15, 0.2) is 0 Å². The van der Waals surface area contributed by atoms with Gasteiger partial charge in [-0.3, -0.25) is 0 Å². The van der Waals surface area contributed by atoms with Gasteiger partial charge in [0, 0.05) is 202 Å². The molecule has 8 heteroatoms. The van der Waals surface area contributed by atoms with E-state index in [9.17, 15) is 4.79 Å². The van der Waals surface area contributed by atoms with E-state index in [1.807, 2.05) is 0 Å². The third-order valence-corrected chi connectivity index (χ3v) is 4.75. The van der Waals surface area contributed by atoms with Gasteiger partial charge in [-0.15, -0.1) is 0 Å². The molecule has 0 aromatic rings. The molecule has 0 amide bonds. The summed E-state index contributed by atoms with van der Waals surface area (Å²) in [5.41, 5.74) is 1.57. The van der Waals surface area contributed by atoms with Gasteiger partial charge in [-0.1, -0.05) is 19.4 Å². The predicted octanol–water partition coefficient (Wildman–Crippen LogP) is 3.22. The largest absolute Gasteiger partial charge is 0.478 e. The molecule has 0 bridgehead atoms. The molecule has 2 nitrogen and oxygen atoms in total. The van der Waals surface area contributed by atoms with Gasteiger partial charge in [-0.05, 0) is 49.4 Å². The molecule has 2 aliphatic rings. The molecule has 0 saturated heterocycles. The number of allylic oxidation sites excluding steroid dienone is 1. The Morgan fingerprint density at radius 1 is 1.14 bits per heavy atom. The zero-order valence-electron chi connectivity index (χ0n) is 13.1. The topological polar surface area (TPSA) is 37.3 Å². The van der Waals surface area contributed by atoms with Gasteiger partial charge in [0.2, 0.25) is 0 Å². The van der Waals surface area contributed by atoms with Crippen molar-refractivity contribution in [2.75, 3.05) is 0 Å². The Morgan fingerprint density at radius 3 is 2.14 bits per heavy atom. The molecule has 0 heterocycles. The van der Waals surface area contributed by atoms with Crippen molar-refractivity contribution in [2.24, 2.45) is 17.3 Å². The van der Waals surface area contributed by atoms with E-state index in [4.69, 9.17) is 5.11 Å². The minimum absolute atomic E-state index is 0. The van der Waals surface area contributed by atoms with E-state index in [-0.39, 0.29) is 196 Å². The molecule has 2 aliphatic carbocycles. The molecule has 1 N–H and O–H groups in total. The first-order chi connectivity index (χ1) is 7.04. The van der Waals surface area contributed by atoms with Crippen molar-refractivity contribution >= 4 is 5.97 Å². The zero-order valence-corrected chi connectivity index (χ0v) is 30.1. The van der Waals surface area contributed by atoms with Crippen LogP contribution in [0.15, 0.2) is 11.6 Å². The molecule has 0 aliphatic heterocycles. The predicted molar refractivity (Wildman–Crippen MR) is 59.6 cm³/mol. The van der Waals surface area contributed by atoms with Gasteiger partial charge in [0.1, 0.15) is 0 Å². The normalized spacial score (nSPS) is 30.7. The van der Waals surface area contributed by atoms with Crippen molar-refractivity contribution in [3.05, 3.63) is 11.6 Å². The van der Waals surface area contributed by atoms with E-state index >= 15 is 0 Å². The van der Waals surface area contributed by atoms with Crippen LogP contribution in [-0.2, 0) is 201 Å². The van der Waals surface area contributed by atoms with Gasteiger partial charge in [0.25, 0.3) is 0 Å². The first kappa shape index (κ1) is 37.6. The molecule has 0 aromatic carbocycles. The van der Waals surface area contributed by atoms with E-state index in [0.29, 0.717) is 11.3 Å².